The number of para-hydroxylation sites is 1. The van der Waals surface area contributed by atoms with Crippen molar-refractivity contribution in [3.63, 3.8) is 0 Å². The summed E-state index contributed by atoms with van der Waals surface area (Å²) in [4.78, 5) is 10.8. The van der Waals surface area contributed by atoms with Crippen LogP contribution in [0.15, 0.2) is 36.7 Å². The summed E-state index contributed by atoms with van der Waals surface area (Å²) in [6.07, 6.45) is 1.36. The maximum Gasteiger partial charge on any atom is 0.205 e. The van der Waals surface area contributed by atoms with E-state index in [-0.39, 0.29) is 17.7 Å². The zero-order valence-electron chi connectivity index (χ0n) is 15.8. The lowest BCUT2D eigenvalue weighted by Crippen LogP contribution is -2.54. The molecule has 2 aromatic carbocycles. The Morgan fingerprint density at radius 3 is 2.39 bits per heavy atom. The first-order chi connectivity index (χ1) is 13.7. The van der Waals surface area contributed by atoms with Crippen LogP contribution in [0.1, 0.15) is 0 Å². The van der Waals surface area contributed by atoms with Crippen LogP contribution in [0.25, 0.3) is 10.9 Å². The van der Waals surface area contributed by atoms with Gasteiger partial charge in [-0.15, -0.1) is 0 Å². The van der Waals surface area contributed by atoms with E-state index in [4.69, 9.17) is 18.9 Å². The van der Waals surface area contributed by atoms with Gasteiger partial charge in [0.05, 0.1) is 39.8 Å². The summed E-state index contributed by atoms with van der Waals surface area (Å²) < 4.78 is 35.9. The van der Waals surface area contributed by atoms with Crippen molar-refractivity contribution in [2.45, 2.75) is 6.10 Å². The van der Waals surface area contributed by atoms with Crippen molar-refractivity contribution in [2.75, 3.05) is 39.3 Å². The van der Waals surface area contributed by atoms with Gasteiger partial charge in [0.2, 0.25) is 5.75 Å². The van der Waals surface area contributed by atoms with Gasteiger partial charge < -0.3 is 23.8 Å². The topological polar surface area (TPSA) is 65.9 Å². The van der Waals surface area contributed by atoms with Gasteiger partial charge in [0.25, 0.3) is 0 Å². The fourth-order valence-corrected chi connectivity index (χ4v) is 3.31. The van der Waals surface area contributed by atoms with Gasteiger partial charge >= 0.3 is 0 Å². The second kappa shape index (κ2) is 7.38. The van der Waals surface area contributed by atoms with Gasteiger partial charge in [-0.05, 0) is 18.2 Å². The first-order valence-corrected chi connectivity index (χ1v) is 8.76. The molecule has 0 radical (unpaired) electrons. The van der Waals surface area contributed by atoms with E-state index in [1.165, 1.54) is 12.4 Å². The van der Waals surface area contributed by atoms with Crippen molar-refractivity contribution in [3.05, 3.63) is 42.5 Å². The summed E-state index contributed by atoms with van der Waals surface area (Å²) in [5.41, 5.74) is 0.628. The third kappa shape index (κ3) is 3.00. The first kappa shape index (κ1) is 18.1. The van der Waals surface area contributed by atoms with Crippen molar-refractivity contribution in [2.24, 2.45) is 0 Å². The fraction of sp³-hybridized carbons (Fsp3) is 0.300. The number of hydrogen-bond donors (Lipinski definition) is 0. The van der Waals surface area contributed by atoms with Gasteiger partial charge in [0.1, 0.15) is 23.8 Å². The van der Waals surface area contributed by atoms with Gasteiger partial charge in [-0.3, -0.25) is 0 Å². The highest BCUT2D eigenvalue weighted by Gasteiger charge is 2.32. The lowest BCUT2D eigenvalue weighted by atomic mass is 10.1. The third-order valence-corrected chi connectivity index (χ3v) is 4.69. The number of benzene rings is 2. The van der Waals surface area contributed by atoms with E-state index in [9.17, 15) is 4.39 Å². The minimum Gasteiger partial charge on any atom is -0.493 e. The lowest BCUT2D eigenvalue weighted by molar-refractivity contribution is 0.160. The van der Waals surface area contributed by atoms with Crippen LogP contribution in [0.4, 0.5) is 10.2 Å². The number of ether oxygens (including phenoxy) is 4. The number of methoxy groups -OCH3 is 3. The molecule has 0 saturated carbocycles. The number of anilines is 1. The Kier molecular flexibility index (Phi) is 4.77. The standard InChI is InChI=1S/C20H20FN3O4/c1-25-16-8-13-17(19(27-3)18(16)26-2)22-11-23-20(13)24-9-12(10-24)28-15-7-5-4-6-14(15)21/h4-8,11-12H,9-10H2,1-3H3. The summed E-state index contributed by atoms with van der Waals surface area (Å²) in [5.74, 6) is 2.12. The predicted octanol–water partition coefficient (Wildman–Crippen LogP) is 3.06. The van der Waals surface area contributed by atoms with E-state index >= 15 is 0 Å². The van der Waals surface area contributed by atoms with Crippen molar-refractivity contribution >= 4 is 16.7 Å². The molecule has 1 saturated heterocycles. The van der Waals surface area contributed by atoms with Crippen LogP contribution >= 0.6 is 0 Å². The molecule has 0 bridgehead atoms. The smallest absolute Gasteiger partial charge is 0.205 e. The number of hydrogen-bond acceptors (Lipinski definition) is 7. The molecule has 28 heavy (non-hydrogen) atoms. The minimum atomic E-state index is -0.366. The van der Waals surface area contributed by atoms with Crippen LogP contribution in [0.2, 0.25) is 0 Å². The highest BCUT2D eigenvalue weighted by Crippen LogP contribution is 2.44. The van der Waals surface area contributed by atoms with Gasteiger partial charge in [-0.1, -0.05) is 12.1 Å². The maximum absolute atomic E-state index is 13.8. The van der Waals surface area contributed by atoms with E-state index in [1.807, 2.05) is 11.0 Å². The fourth-order valence-electron chi connectivity index (χ4n) is 3.31. The molecule has 146 valence electrons. The molecule has 4 rings (SSSR count). The van der Waals surface area contributed by atoms with Crippen LogP contribution in [0.5, 0.6) is 23.0 Å². The van der Waals surface area contributed by atoms with Crippen molar-refractivity contribution < 1.29 is 23.3 Å². The highest BCUT2D eigenvalue weighted by molar-refractivity contribution is 5.97. The first-order valence-electron chi connectivity index (χ1n) is 8.76. The number of halogens is 1. The Balaban J connectivity index is 1.63. The molecule has 8 heteroatoms. The average molecular weight is 385 g/mol. The molecule has 3 aromatic rings. The summed E-state index contributed by atoms with van der Waals surface area (Å²) in [5, 5.41) is 0.779. The number of fused-ring (bicyclic) bond motifs is 1. The van der Waals surface area contributed by atoms with Crippen LogP contribution in [0.3, 0.4) is 0 Å². The zero-order chi connectivity index (χ0) is 19.7. The lowest BCUT2D eigenvalue weighted by Gasteiger charge is -2.40. The van der Waals surface area contributed by atoms with Crippen molar-refractivity contribution in [3.8, 4) is 23.0 Å². The number of nitrogens with zero attached hydrogens (tertiary/aromatic N) is 3. The molecule has 0 N–H and O–H groups in total. The molecular weight excluding hydrogens is 365 g/mol. The molecule has 1 aromatic heterocycles. The van der Waals surface area contributed by atoms with Gasteiger partial charge in [0, 0.05) is 0 Å². The van der Waals surface area contributed by atoms with Gasteiger partial charge in [-0.25, -0.2) is 14.4 Å². The van der Waals surface area contributed by atoms with Gasteiger partial charge in [-0.2, -0.15) is 0 Å². The zero-order valence-corrected chi connectivity index (χ0v) is 15.8. The molecule has 0 aliphatic carbocycles. The van der Waals surface area contributed by atoms with E-state index in [1.54, 1.807) is 39.5 Å². The summed E-state index contributed by atoms with van der Waals surface area (Å²) in [7, 11) is 4.67. The van der Waals surface area contributed by atoms with Crippen LogP contribution in [-0.2, 0) is 0 Å². The minimum absolute atomic E-state index is 0.121. The molecule has 1 aliphatic heterocycles. The van der Waals surface area contributed by atoms with E-state index in [2.05, 4.69) is 9.97 Å². The van der Waals surface area contributed by atoms with E-state index < -0.39 is 0 Å². The average Bonchev–Trinajstić information content (AvgIpc) is 2.69. The van der Waals surface area contributed by atoms with Crippen LogP contribution in [-0.4, -0.2) is 50.5 Å². The van der Waals surface area contributed by atoms with Crippen molar-refractivity contribution in [1.82, 2.24) is 9.97 Å². The molecule has 0 spiro atoms. The predicted molar refractivity (Wildman–Crippen MR) is 102 cm³/mol. The summed E-state index contributed by atoms with van der Waals surface area (Å²) in [6.45, 7) is 1.16. The monoisotopic (exact) mass is 385 g/mol. The van der Waals surface area contributed by atoms with E-state index in [0.29, 0.717) is 35.9 Å². The Labute approximate surface area is 161 Å². The van der Waals surface area contributed by atoms with Crippen molar-refractivity contribution in [1.29, 1.82) is 0 Å². The summed E-state index contributed by atoms with van der Waals surface area (Å²) in [6, 6.07) is 8.23. The number of rotatable bonds is 6. The normalized spacial score (nSPS) is 13.9. The second-order valence-corrected chi connectivity index (χ2v) is 6.31. The van der Waals surface area contributed by atoms with E-state index in [0.717, 1.165) is 11.2 Å². The largest absolute Gasteiger partial charge is 0.493 e. The molecular formula is C20H20FN3O4. The summed E-state index contributed by atoms with van der Waals surface area (Å²) >= 11 is 0. The number of aromatic nitrogens is 2. The molecule has 1 fully saturated rings. The molecule has 7 nitrogen and oxygen atoms in total. The highest BCUT2D eigenvalue weighted by atomic mass is 19.1. The van der Waals surface area contributed by atoms with Crippen LogP contribution in [0, 0.1) is 5.82 Å². The van der Waals surface area contributed by atoms with Gasteiger partial charge in [0.15, 0.2) is 23.1 Å². The Hall–Kier alpha value is -3.29. The Morgan fingerprint density at radius 2 is 1.71 bits per heavy atom. The van der Waals surface area contributed by atoms with Crippen LogP contribution < -0.4 is 23.8 Å². The maximum atomic E-state index is 13.8. The molecule has 2 heterocycles. The molecule has 0 atom stereocenters. The molecule has 0 amide bonds. The molecule has 0 unspecified atom stereocenters. The SMILES string of the molecule is COc1cc2c(N3CC(Oc4ccccc4F)C3)ncnc2c(OC)c1OC. The third-order valence-electron chi connectivity index (χ3n) is 4.69. The quantitative estimate of drug-likeness (QED) is 0.646. The molecule has 1 aliphatic rings. The Morgan fingerprint density at radius 1 is 0.964 bits per heavy atom. The second-order valence-electron chi connectivity index (χ2n) is 6.31. The Bertz CT molecular complexity index is 1010.